The molecule has 29 heavy (non-hydrogen) atoms. The average molecular weight is 407 g/mol. The van der Waals surface area contributed by atoms with Gasteiger partial charge in [0.15, 0.2) is 5.78 Å². The Labute approximate surface area is 174 Å². The van der Waals surface area contributed by atoms with E-state index >= 15 is 0 Å². The van der Waals surface area contributed by atoms with Gasteiger partial charge in [0.05, 0.1) is 19.8 Å². The standard InChI is InChI=1S/C24H22O4S/c1-16-13-20(29-15-17-9-11-19(27-2)12-10-17)14-21(24(26)28-3)22(16)23(25)18-7-5-4-6-8-18/h4-14H,15H2,1-3H3. The molecular formula is C24H22O4S. The number of carbonyl (C=O) groups is 2. The lowest BCUT2D eigenvalue weighted by Gasteiger charge is -2.13. The minimum absolute atomic E-state index is 0.185. The average Bonchev–Trinajstić information content (AvgIpc) is 2.77. The highest BCUT2D eigenvalue weighted by atomic mass is 32.2. The van der Waals surface area contributed by atoms with Crippen LogP contribution in [-0.2, 0) is 10.5 Å². The van der Waals surface area contributed by atoms with E-state index in [1.54, 1.807) is 49.2 Å². The normalized spacial score (nSPS) is 10.4. The lowest BCUT2D eigenvalue weighted by Crippen LogP contribution is -2.13. The van der Waals surface area contributed by atoms with Crippen LogP contribution in [0.4, 0.5) is 0 Å². The third kappa shape index (κ3) is 4.87. The van der Waals surface area contributed by atoms with Gasteiger partial charge < -0.3 is 9.47 Å². The highest BCUT2D eigenvalue weighted by Gasteiger charge is 2.22. The van der Waals surface area contributed by atoms with Crippen molar-refractivity contribution in [1.29, 1.82) is 0 Å². The summed E-state index contributed by atoms with van der Waals surface area (Å²) in [6.45, 7) is 1.85. The first-order chi connectivity index (χ1) is 14.0. The van der Waals surface area contributed by atoms with Crippen LogP contribution in [0.1, 0.15) is 37.4 Å². The Morgan fingerprint density at radius 1 is 0.931 bits per heavy atom. The fourth-order valence-corrected chi connectivity index (χ4v) is 4.02. The van der Waals surface area contributed by atoms with Crippen molar-refractivity contribution in [3.8, 4) is 5.75 Å². The SMILES string of the molecule is COC(=O)c1cc(SCc2ccc(OC)cc2)cc(C)c1C(=O)c1ccccc1. The van der Waals surface area contributed by atoms with E-state index in [2.05, 4.69) is 0 Å². The zero-order valence-electron chi connectivity index (χ0n) is 16.6. The number of methoxy groups -OCH3 is 2. The number of carbonyl (C=O) groups excluding carboxylic acids is 2. The largest absolute Gasteiger partial charge is 0.497 e. The van der Waals surface area contributed by atoms with Gasteiger partial charge in [-0.05, 0) is 42.3 Å². The number of thioether (sulfide) groups is 1. The van der Waals surface area contributed by atoms with Gasteiger partial charge >= 0.3 is 5.97 Å². The first-order valence-corrected chi connectivity index (χ1v) is 10.1. The number of hydrogen-bond acceptors (Lipinski definition) is 5. The third-order valence-corrected chi connectivity index (χ3v) is 5.59. The summed E-state index contributed by atoms with van der Waals surface area (Å²) >= 11 is 1.60. The molecule has 0 saturated carbocycles. The Hall–Kier alpha value is -3.05. The molecule has 0 saturated heterocycles. The van der Waals surface area contributed by atoms with E-state index in [4.69, 9.17) is 9.47 Å². The Bertz CT molecular complexity index is 1010. The number of rotatable bonds is 7. The Morgan fingerprint density at radius 3 is 2.24 bits per heavy atom. The maximum absolute atomic E-state index is 13.0. The molecule has 5 heteroatoms. The molecule has 0 bridgehead atoms. The maximum atomic E-state index is 13.0. The van der Waals surface area contributed by atoms with Gasteiger partial charge in [-0.2, -0.15) is 0 Å². The quantitative estimate of drug-likeness (QED) is 0.302. The molecule has 0 aliphatic rings. The lowest BCUT2D eigenvalue weighted by atomic mass is 9.94. The second-order valence-electron chi connectivity index (χ2n) is 6.49. The molecular weight excluding hydrogens is 384 g/mol. The van der Waals surface area contributed by atoms with Crippen molar-refractivity contribution < 1.29 is 19.1 Å². The predicted molar refractivity (Wildman–Crippen MR) is 115 cm³/mol. The fourth-order valence-electron chi connectivity index (χ4n) is 3.03. The van der Waals surface area contributed by atoms with Crippen LogP contribution < -0.4 is 4.74 Å². The second-order valence-corrected chi connectivity index (χ2v) is 7.53. The van der Waals surface area contributed by atoms with Crippen LogP contribution in [-0.4, -0.2) is 26.0 Å². The molecule has 3 rings (SSSR count). The summed E-state index contributed by atoms with van der Waals surface area (Å²) in [7, 11) is 2.96. The first-order valence-electron chi connectivity index (χ1n) is 9.12. The van der Waals surface area contributed by atoms with Crippen molar-refractivity contribution in [2.24, 2.45) is 0 Å². The molecule has 4 nitrogen and oxygen atoms in total. The Kier molecular flexibility index (Phi) is 6.73. The third-order valence-electron chi connectivity index (χ3n) is 4.54. The number of benzene rings is 3. The molecule has 0 atom stereocenters. The van der Waals surface area contributed by atoms with Crippen molar-refractivity contribution in [2.75, 3.05) is 14.2 Å². The fraction of sp³-hybridized carbons (Fsp3) is 0.167. The molecule has 0 spiro atoms. The van der Waals surface area contributed by atoms with Crippen molar-refractivity contribution in [2.45, 2.75) is 17.6 Å². The van der Waals surface area contributed by atoms with Crippen LogP contribution in [0.15, 0.2) is 71.6 Å². The zero-order valence-corrected chi connectivity index (χ0v) is 17.4. The molecule has 0 unspecified atom stereocenters. The van der Waals surface area contributed by atoms with E-state index < -0.39 is 5.97 Å². The van der Waals surface area contributed by atoms with Gasteiger partial charge in [0.1, 0.15) is 5.75 Å². The van der Waals surface area contributed by atoms with E-state index in [-0.39, 0.29) is 5.78 Å². The van der Waals surface area contributed by atoms with Crippen LogP contribution in [0, 0.1) is 6.92 Å². The molecule has 0 aliphatic carbocycles. The molecule has 0 radical (unpaired) electrons. The lowest BCUT2D eigenvalue weighted by molar-refractivity contribution is 0.0597. The van der Waals surface area contributed by atoms with Crippen LogP contribution in [0.25, 0.3) is 0 Å². The number of aryl methyl sites for hydroxylation is 1. The minimum atomic E-state index is -0.515. The topological polar surface area (TPSA) is 52.6 Å². The maximum Gasteiger partial charge on any atom is 0.338 e. The highest BCUT2D eigenvalue weighted by Crippen LogP contribution is 2.30. The van der Waals surface area contributed by atoms with E-state index in [1.165, 1.54) is 7.11 Å². The number of esters is 1. The van der Waals surface area contributed by atoms with Crippen LogP contribution in [0.5, 0.6) is 5.75 Å². The molecule has 0 aliphatic heterocycles. The van der Waals surface area contributed by atoms with Gasteiger partial charge in [0, 0.05) is 21.8 Å². The molecule has 0 amide bonds. The van der Waals surface area contributed by atoms with Gasteiger partial charge in [-0.3, -0.25) is 4.79 Å². The van der Waals surface area contributed by atoms with Gasteiger partial charge in [-0.25, -0.2) is 4.79 Å². The summed E-state index contributed by atoms with van der Waals surface area (Å²) in [4.78, 5) is 26.4. The van der Waals surface area contributed by atoms with Crippen molar-refractivity contribution in [3.63, 3.8) is 0 Å². The monoisotopic (exact) mass is 406 g/mol. The molecule has 0 aromatic heterocycles. The van der Waals surface area contributed by atoms with Gasteiger partial charge in [0.2, 0.25) is 0 Å². The van der Waals surface area contributed by atoms with Gasteiger partial charge in [-0.1, -0.05) is 42.5 Å². The van der Waals surface area contributed by atoms with Crippen molar-refractivity contribution >= 4 is 23.5 Å². The molecule has 0 heterocycles. The number of hydrogen-bond donors (Lipinski definition) is 0. The molecule has 0 fully saturated rings. The smallest absolute Gasteiger partial charge is 0.338 e. The van der Waals surface area contributed by atoms with E-state index in [1.807, 2.05) is 43.3 Å². The molecule has 3 aromatic carbocycles. The molecule has 3 aromatic rings. The molecule has 148 valence electrons. The van der Waals surface area contributed by atoms with E-state index in [0.717, 1.165) is 27.5 Å². The Morgan fingerprint density at radius 2 is 1.62 bits per heavy atom. The van der Waals surface area contributed by atoms with E-state index in [9.17, 15) is 9.59 Å². The summed E-state index contributed by atoms with van der Waals surface area (Å²) in [5, 5.41) is 0. The van der Waals surface area contributed by atoms with Crippen molar-refractivity contribution in [3.05, 3.63) is 94.5 Å². The van der Waals surface area contributed by atoms with Crippen LogP contribution in [0.2, 0.25) is 0 Å². The van der Waals surface area contributed by atoms with Crippen LogP contribution >= 0.6 is 11.8 Å². The summed E-state index contributed by atoms with van der Waals surface area (Å²) in [6.07, 6.45) is 0. The predicted octanol–water partition coefficient (Wildman–Crippen LogP) is 5.31. The van der Waals surface area contributed by atoms with Gasteiger partial charge in [-0.15, -0.1) is 11.8 Å². The number of ketones is 1. The highest BCUT2D eigenvalue weighted by molar-refractivity contribution is 7.98. The summed E-state index contributed by atoms with van der Waals surface area (Å²) in [6, 6.07) is 20.5. The zero-order chi connectivity index (χ0) is 20.8. The van der Waals surface area contributed by atoms with Crippen LogP contribution in [0.3, 0.4) is 0 Å². The van der Waals surface area contributed by atoms with Crippen molar-refractivity contribution in [1.82, 2.24) is 0 Å². The van der Waals surface area contributed by atoms with Gasteiger partial charge in [0.25, 0.3) is 0 Å². The van der Waals surface area contributed by atoms with E-state index in [0.29, 0.717) is 16.7 Å². The summed E-state index contributed by atoms with van der Waals surface area (Å²) < 4.78 is 10.1. The Balaban J connectivity index is 1.91. The number of ether oxygens (including phenoxy) is 2. The molecule has 0 N–H and O–H groups in total. The first kappa shape index (κ1) is 20.7. The summed E-state index contributed by atoms with van der Waals surface area (Å²) in [5.74, 6) is 0.844. The summed E-state index contributed by atoms with van der Waals surface area (Å²) in [5.41, 5.74) is 3.10. The minimum Gasteiger partial charge on any atom is -0.497 e. The second kappa shape index (κ2) is 9.43.